The van der Waals surface area contributed by atoms with Crippen LogP contribution in [0.1, 0.15) is 30.9 Å². The maximum atomic E-state index is 13.2. The summed E-state index contributed by atoms with van der Waals surface area (Å²) in [5.41, 5.74) is 3.34. The Balaban J connectivity index is 1.91. The molecule has 0 heterocycles. The van der Waals surface area contributed by atoms with Crippen molar-refractivity contribution < 1.29 is 18.9 Å². The van der Waals surface area contributed by atoms with Crippen molar-refractivity contribution in [3.05, 3.63) is 59.4 Å². The lowest BCUT2D eigenvalue weighted by atomic mass is 9.98. The maximum Gasteiger partial charge on any atom is 0.279 e. The summed E-state index contributed by atoms with van der Waals surface area (Å²) in [4.78, 5) is 25.2. The van der Waals surface area contributed by atoms with Gasteiger partial charge in [-0.2, -0.15) is 0 Å². The molecule has 0 aromatic heterocycles. The van der Waals surface area contributed by atoms with Gasteiger partial charge in [0.15, 0.2) is 13.1 Å². The predicted molar refractivity (Wildman–Crippen MR) is 106 cm³/mol. The summed E-state index contributed by atoms with van der Waals surface area (Å²) in [6.07, 6.45) is 0. The minimum Gasteiger partial charge on any atom is -0.322 e. The second-order valence-corrected chi connectivity index (χ2v) is 7.11. The molecule has 0 radical (unpaired) electrons. The van der Waals surface area contributed by atoms with Crippen LogP contribution in [0.25, 0.3) is 0 Å². The van der Waals surface area contributed by atoms with Gasteiger partial charge in [-0.1, -0.05) is 38.1 Å². The molecule has 2 amide bonds. The van der Waals surface area contributed by atoms with E-state index in [1.54, 1.807) is 13.1 Å². The molecule has 0 aliphatic carbocycles. The van der Waals surface area contributed by atoms with E-state index < -0.39 is 5.82 Å². The molecule has 2 aromatic rings. The van der Waals surface area contributed by atoms with Crippen LogP contribution < -0.4 is 15.5 Å². The van der Waals surface area contributed by atoms with Gasteiger partial charge in [0.2, 0.25) is 0 Å². The maximum absolute atomic E-state index is 13.2. The number of rotatable bonds is 7. The number of hydrogen-bond acceptors (Lipinski definition) is 2. The van der Waals surface area contributed by atoms with Crippen LogP contribution in [0.3, 0.4) is 0 Å². The summed E-state index contributed by atoms with van der Waals surface area (Å²) in [5.74, 6) is -0.540. The molecule has 0 spiro atoms. The van der Waals surface area contributed by atoms with Crippen molar-refractivity contribution in [3.8, 4) is 0 Å². The first-order valence-corrected chi connectivity index (χ1v) is 9.02. The number of aryl methyl sites for hydroxylation is 1. The number of halogens is 1. The molecule has 0 fully saturated rings. The Bertz CT molecular complexity index is 821. The summed E-state index contributed by atoms with van der Waals surface area (Å²) >= 11 is 0. The molecular formula is C21H27FN3O2+. The largest absolute Gasteiger partial charge is 0.322 e. The van der Waals surface area contributed by atoms with Crippen molar-refractivity contribution in [2.24, 2.45) is 0 Å². The lowest BCUT2D eigenvalue weighted by Crippen LogP contribution is -3.11. The quantitative estimate of drug-likeness (QED) is 0.699. The molecule has 1 unspecified atom stereocenters. The fourth-order valence-corrected chi connectivity index (χ4v) is 2.91. The zero-order chi connectivity index (χ0) is 20.0. The highest BCUT2D eigenvalue weighted by atomic mass is 19.1. The molecular weight excluding hydrogens is 345 g/mol. The number of quaternary nitrogens is 1. The van der Waals surface area contributed by atoms with Gasteiger partial charge in [0.05, 0.1) is 7.05 Å². The summed E-state index contributed by atoms with van der Waals surface area (Å²) in [5, 5.41) is 5.62. The molecule has 0 bridgehead atoms. The van der Waals surface area contributed by atoms with E-state index >= 15 is 0 Å². The van der Waals surface area contributed by atoms with Gasteiger partial charge in [0.1, 0.15) is 5.82 Å². The second-order valence-electron chi connectivity index (χ2n) is 7.11. The molecule has 5 nitrogen and oxygen atoms in total. The third-order valence-corrected chi connectivity index (χ3v) is 4.22. The van der Waals surface area contributed by atoms with Crippen LogP contribution in [0.15, 0.2) is 42.5 Å². The Morgan fingerprint density at radius 3 is 2.30 bits per heavy atom. The Morgan fingerprint density at radius 2 is 1.67 bits per heavy atom. The highest BCUT2D eigenvalue weighted by molar-refractivity contribution is 5.94. The third-order valence-electron chi connectivity index (χ3n) is 4.22. The Hall–Kier alpha value is -2.73. The van der Waals surface area contributed by atoms with Gasteiger partial charge < -0.3 is 15.5 Å². The van der Waals surface area contributed by atoms with Crippen molar-refractivity contribution in [2.45, 2.75) is 26.7 Å². The summed E-state index contributed by atoms with van der Waals surface area (Å²) < 4.78 is 13.2. The monoisotopic (exact) mass is 372 g/mol. The molecule has 0 saturated heterocycles. The van der Waals surface area contributed by atoms with Crippen molar-refractivity contribution in [1.82, 2.24) is 0 Å². The Morgan fingerprint density at radius 1 is 1.04 bits per heavy atom. The number of benzene rings is 2. The minimum atomic E-state index is -0.410. The van der Waals surface area contributed by atoms with Crippen LogP contribution in [0.2, 0.25) is 0 Å². The topological polar surface area (TPSA) is 62.6 Å². The normalized spacial score (nSPS) is 11.9. The number of amides is 2. The smallest absolute Gasteiger partial charge is 0.279 e. The fourth-order valence-electron chi connectivity index (χ4n) is 2.91. The summed E-state index contributed by atoms with van der Waals surface area (Å²) in [7, 11) is 1.77. The van der Waals surface area contributed by atoms with Crippen LogP contribution in [0, 0.1) is 12.7 Å². The lowest BCUT2D eigenvalue weighted by molar-refractivity contribution is -0.862. The molecule has 1 atom stereocenters. The number of carbonyl (C=O) groups is 2. The first-order chi connectivity index (χ1) is 12.8. The van der Waals surface area contributed by atoms with Crippen LogP contribution >= 0.6 is 0 Å². The van der Waals surface area contributed by atoms with E-state index in [1.807, 2.05) is 25.1 Å². The van der Waals surface area contributed by atoms with Gasteiger partial charge in [-0.25, -0.2) is 4.39 Å². The van der Waals surface area contributed by atoms with Crippen LogP contribution in [0.4, 0.5) is 15.8 Å². The van der Waals surface area contributed by atoms with Crippen LogP contribution in [-0.2, 0) is 9.59 Å². The standard InChI is InChI=1S/C21H26FN3O2/c1-14(2)18-10-5-7-15(3)21(18)24-20(27)13-25(4)12-19(26)23-17-9-6-8-16(22)11-17/h5-11,14H,12-13H2,1-4H3,(H,23,26)(H,24,27)/p+1. The van der Waals surface area contributed by atoms with Gasteiger partial charge >= 0.3 is 0 Å². The van der Waals surface area contributed by atoms with Crippen molar-refractivity contribution >= 4 is 23.2 Å². The zero-order valence-electron chi connectivity index (χ0n) is 16.2. The molecule has 0 aliphatic rings. The SMILES string of the molecule is Cc1cccc(C(C)C)c1NC(=O)C[NH+](C)CC(=O)Nc1cccc(F)c1. The number of para-hydroxylation sites is 1. The average Bonchev–Trinajstić information content (AvgIpc) is 2.56. The molecule has 0 saturated carbocycles. The first-order valence-electron chi connectivity index (χ1n) is 9.02. The molecule has 2 aromatic carbocycles. The zero-order valence-corrected chi connectivity index (χ0v) is 16.2. The minimum absolute atomic E-state index is 0.106. The van der Waals surface area contributed by atoms with Crippen LogP contribution in [-0.4, -0.2) is 32.0 Å². The lowest BCUT2D eigenvalue weighted by Gasteiger charge is -2.18. The number of hydrogen-bond donors (Lipinski definition) is 3. The molecule has 3 N–H and O–H groups in total. The van der Waals surface area contributed by atoms with Crippen molar-refractivity contribution in [1.29, 1.82) is 0 Å². The average molecular weight is 372 g/mol. The Labute approximate surface area is 159 Å². The van der Waals surface area contributed by atoms with Gasteiger partial charge in [0, 0.05) is 11.4 Å². The van der Waals surface area contributed by atoms with Gasteiger partial charge in [-0.05, 0) is 42.2 Å². The van der Waals surface area contributed by atoms with Crippen LogP contribution in [0.5, 0.6) is 0 Å². The second kappa shape index (κ2) is 9.28. The third kappa shape index (κ3) is 6.18. The van der Waals surface area contributed by atoms with Crippen molar-refractivity contribution in [2.75, 3.05) is 30.8 Å². The number of anilines is 2. The summed E-state index contributed by atoms with van der Waals surface area (Å²) in [6.45, 7) is 6.39. The van der Waals surface area contributed by atoms with E-state index in [9.17, 15) is 14.0 Å². The first kappa shape index (κ1) is 20.6. The Kier molecular flexibility index (Phi) is 7.07. The molecule has 6 heteroatoms. The number of carbonyl (C=O) groups excluding carboxylic acids is 2. The molecule has 144 valence electrons. The van der Waals surface area contributed by atoms with E-state index in [-0.39, 0.29) is 24.9 Å². The van der Waals surface area contributed by atoms with Crippen molar-refractivity contribution in [3.63, 3.8) is 0 Å². The van der Waals surface area contributed by atoms with E-state index in [0.29, 0.717) is 11.6 Å². The van der Waals surface area contributed by atoms with E-state index in [0.717, 1.165) is 21.7 Å². The van der Waals surface area contributed by atoms with Gasteiger partial charge in [-0.3, -0.25) is 9.59 Å². The predicted octanol–water partition coefficient (Wildman–Crippen LogP) is 2.35. The molecule has 27 heavy (non-hydrogen) atoms. The molecule has 0 aliphatic heterocycles. The van der Waals surface area contributed by atoms with Gasteiger partial charge in [0.25, 0.3) is 11.8 Å². The highest BCUT2D eigenvalue weighted by Gasteiger charge is 2.17. The fraction of sp³-hybridized carbons (Fsp3) is 0.333. The molecule has 2 rings (SSSR count). The van der Waals surface area contributed by atoms with E-state index in [4.69, 9.17) is 0 Å². The van der Waals surface area contributed by atoms with E-state index in [1.165, 1.54) is 18.2 Å². The van der Waals surface area contributed by atoms with E-state index in [2.05, 4.69) is 24.5 Å². The number of likely N-dealkylation sites (N-methyl/N-ethyl adjacent to an activating group) is 1. The number of nitrogens with one attached hydrogen (secondary N) is 3. The highest BCUT2D eigenvalue weighted by Crippen LogP contribution is 2.27. The summed E-state index contributed by atoms with van der Waals surface area (Å²) in [6, 6.07) is 11.7. The van der Waals surface area contributed by atoms with Gasteiger partial charge in [-0.15, -0.1) is 0 Å².